The highest BCUT2D eigenvalue weighted by Crippen LogP contribution is 2.22. The van der Waals surface area contributed by atoms with Crippen LogP contribution in [0.3, 0.4) is 0 Å². The summed E-state index contributed by atoms with van der Waals surface area (Å²) in [6, 6.07) is 4.48. The van der Waals surface area contributed by atoms with Crippen molar-refractivity contribution in [2.45, 2.75) is 6.92 Å². The van der Waals surface area contributed by atoms with Crippen LogP contribution in [0, 0.1) is 12.7 Å². The minimum Gasteiger partial charge on any atom is -0.494 e. The Labute approximate surface area is 85.5 Å². The molecule has 4 heteroatoms. The first-order chi connectivity index (χ1) is 7.11. The van der Waals surface area contributed by atoms with Gasteiger partial charge in [0.1, 0.15) is 0 Å². The lowest BCUT2D eigenvalue weighted by Gasteiger charge is -2.04. The number of hydrogen-bond donors (Lipinski definition) is 1. The Morgan fingerprint density at radius 2 is 2.07 bits per heavy atom. The summed E-state index contributed by atoms with van der Waals surface area (Å²) in [4.78, 5) is 14.1. The molecule has 1 aromatic carbocycles. The van der Waals surface area contributed by atoms with Gasteiger partial charge in [-0.25, -0.2) is 4.39 Å². The predicted octanol–water partition coefficient (Wildman–Crippen LogP) is 1.98. The number of ether oxygens (including phenoxy) is 1. The number of H-pyrrole nitrogens is 1. The molecular formula is C11H10FNO2. The van der Waals surface area contributed by atoms with Gasteiger partial charge in [0.15, 0.2) is 11.6 Å². The Bertz CT molecular complexity index is 575. The van der Waals surface area contributed by atoms with Gasteiger partial charge >= 0.3 is 0 Å². The number of aromatic amines is 1. The van der Waals surface area contributed by atoms with Gasteiger partial charge in [-0.2, -0.15) is 0 Å². The Morgan fingerprint density at radius 3 is 2.73 bits per heavy atom. The molecule has 0 unspecified atom stereocenters. The molecule has 0 amide bonds. The fourth-order valence-corrected chi connectivity index (χ4v) is 1.56. The molecule has 1 N–H and O–H groups in total. The first-order valence-electron chi connectivity index (χ1n) is 4.49. The van der Waals surface area contributed by atoms with Crippen molar-refractivity contribution in [1.29, 1.82) is 0 Å². The molecule has 0 aliphatic heterocycles. The van der Waals surface area contributed by atoms with Gasteiger partial charge < -0.3 is 9.72 Å². The summed E-state index contributed by atoms with van der Waals surface area (Å²) in [7, 11) is 1.39. The molecule has 1 heterocycles. The smallest absolute Gasteiger partial charge is 0.256 e. The summed E-state index contributed by atoms with van der Waals surface area (Å²) in [6.07, 6.45) is 0. The number of pyridine rings is 1. The summed E-state index contributed by atoms with van der Waals surface area (Å²) in [5, 5.41) is 1.01. The lowest BCUT2D eigenvalue weighted by molar-refractivity contribution is 0.387. The number of nitrogens with one attached hydrogen (secondary N) is 1. The van der Waals surface area contributed by atoms with E-state index in [0.29, 0.717) is 10.8 Å². The Morgan fingerprint density at radius 1 is 1.33 bits per heavy atom. The van der Waals surface area contributed by atoms with E-state index in [4.69, 9.17) is 4.74 Å². The van der Waals surface area contributed by atoms with E-state index < -0.39 is 5.82 Å². The Hall–Kier alpha value is -1.84. The first-order valence-corrected chi connectivity index (χ1v) is 4.49. The quantitative estimate of drug-likeness (QED) is 0.776. The molecule has 2 aromatic rings. The third-order valence-corrected chi connectivity index (χ3v) is 2.25. The van der Waals surface area contributed by atoms with Crippen LogP contribution in [0.15, 0.2) is 23.0 Å². The van der Waals surface area contributed by atoms with Gasteiger partial charge in [0, 0.05) is 5.69 Å². The molecule has 15 heavy (non-hydrogen) atoms. The van der Waals surface area contributed by atoms with Gasteiger partial charge in [0.25, 0.3) is 5.56 Å². The average Bonchev–Trinajstić information content (AvgIpc) is 2.18. The normalized spacial score (nSPS) is 10.6. The van der Waals surface area contributed by atoms with E-state index in [1.54, 1.807) is 13.0 Å². The van der Waals surface area contributed by atoms with E-state index in [1.165, 1.54) is 19.2 Å². The highest BCUT2D eigenvalue weighted by atomic mass is 19.1. The third-order valence-electron chi connectivity index (χ3n) is 2.25. The summed E-state index contributed by atoms with van der Waals surface area (Å²) < 4.78 is 18.2. The second-order valence-electron chi connectivity index (χ2n) is 3.36. The van der Waals surface area contributed by atoms with Crippen molar-refractivity contribution < 1.29 is 9.13 Å². The SMILES string of the molecule is COc1cc2cc(C)[nH]c(=O)c2cc1F. The number of fused-ring (bicyclic) bond motifs is 1. The van der Waals surface area contributed by atoms with Crippen LogP contribution in [0.5, 0.6) is 5.75 Å². The average molecular weight is 207 g/mol. The van der Waals surface area contributed by atoms with E-state index >= 15 is 0 Å². The molecule has 1 aromatic heterocycles. The van der Waals surface area contributed by atoms with Gasteiger partial charge in [0.2, 0.25) is 0 Å². The van der Waals surface area contributed by atoms with Gasteiger partial charge in [-0.05, 0) is 30.5 Å². The maximum absolute atomic E-state index is 13.3. The molecule has 0 saturated carbocycles. The van der Waals surface area contributed by atoms with Crippen LogP contribution in [0.1, 0.15) is 5.69 Å². The highest BCUT2D eigenvalue weighted by molar-refractivity contribution is 5.83. The van der Waals surface area contributed by atoms with Crippen molar-refractivity contribution in [1.82, 2.24) is 4.98 Å². The number of halogens is 1. The minimum atomic E-state index is -0.528. The van der Waals surface area contributed by atoms with Crippen molar-refractivity contribution in [2.24, 2.45) is 0 Å². The van der Waals surface area contributed by atoms with Crippen LogP contribution in [0.2, 0.25) is 0 Å². The van der Waals surface area contributed by atoms with E-state index in [2.05, 4.69) is 4.98 Å². The molecular weight excluding hydrogens is 197 g/mol. The summed E-state index contributed by atoms with van der Waals surface area (Å²) >= 11 is 0. The first kappa shape index (κ1) is 9.71. The molecule has 0 saturated heterocycles. The van der Waals surface area contributed by atoms with Gasteiger partial charge in [0.05, 0.1) is 12.5 Å². The fourth-order valence-electron chi connectivity index (χ4n) is 1.56. The molecule has 2 rings (SSSR count). The minimum absolute atomic E-state index is 0.146. The molecule has 0 aliphatic carbocycles. The second-order valence-corrected chi connectivity index (χ2v) is 3.36. The third kappa shape index (κ3) is 1.58. The zero-order chi connectivity index (χ0) is 11.0. The zero-order valence-electron chi connectivity index (χ0n) is 8.43. The number of benzene rings is 1. The van der Waals surface area contributed by atoms with Crippen molar-refractivity contribution >= 4 is 10.8 Å². The van der Waals surface area contributed by atoms with Crippen molar-refractivity contribution in [2.75, 3.05) is 7.11 Å². The van der Waals surface area contributed by atoms with E-state index in [-0.39, 0.29) is 11.3 Å². The monoisotopic (exact) mass is 207 g/mol. The maximum atomic E-state index is 13.3. The fraction of sp³-hybridized carbons (Fsp3) is 0.182. The van der Waals surface area contributed by atoms with Crippen LogP contribution in [0.4, 0.5) is 4.39 Å². The van der Waals surface area contributed by atoms with Crippen molar-refractivity contribution in [3.8, 4) is 5.75 Å². The number of rotatable bonds is 1. The van der Waals surface area contributed by atoms with E-state index in [9.17, 15) is 9.18 Å². The van der Waals surface area contributed by atoms with Crippen LogP contribution < -0.4 is 10.3 Å². The summed E-state index contributed by atoms with van der Waals surface area (Å²) in [5.74, 6) is -0.383. The molecule has 78 valence electrons. The molecule has 0 atom stereocenters. The number of methoxy groups -OCH3 is 1. The molecule has 0 radical (unpaired) electrons. The van der Waals surface area contributed by atoms with Crippen LogP contribution in [0.25, 0.3) is 10.8 Å². The number of aryl methyl sites for hydroxylation is 1. The molecule has 0 aliphatic rings. The maximum Gasteiger partial charge on any atom is 0.256 e. The molecule has 3 nitrogen and oxygen atoms in total. The number of hydrogen-bond acceptors (Lipinski definition) is 2. The Balaban J connectivity index is 2.87. The van der Waals surface area contributed by atoms with Gasteiger partial charge in [-0.1, -0.05) is 0 Å². The van der Waals surface area contributed by atoms with Crippen LogP contribution >= 0.6 is 0 Å². The largest absolute Gasteiger partial charge is 0.494 e. The summed E-state index contributed by atoms with van der Waals surface area (Å²) in [5.41, 5.74) is 0.452. The van der Waals surface area contributed by atoms with Crippen LogP contribution in [-0.4, -0.2) is 12.1 Å². The molecule has 0 spiro atoms. The van der Waals surface area contributed by atoms with Gasteiger partial charge in [-0.15, -0.1) is 0 Å². The zero-order valence-corrected chi connectivity index (χ0v) is 8.43. The second kappa shape index (κ2) is 3.38. The van der Waals surface area contributed by atoms with Crippen molar-refractivity contribution in [3.05, 3.63) is 40.1 Å². The van der Waals surface area contributed by atoms with Crippen molar-refractivity contribution in [3.63, 3.8) is 0 Å². The van der Waals surface area contributed by atoms with Crippen LogP contribution in [-0.2, 0) is 0 Å². The predicted molar refractivity (Wildman–Crippen MR) is 55.8 cm³/mol. The summed E-state index contributed by atoms with van der Waals surface area (Å²) in [6.45, 7) is 1.77. The van der Waals surface area contributed by atoms with E-state index in [1.807, 2.05) is 0 Å². The lowest BCUT2D eigenvalue weighted by Crippen LogP contribution is -2.07. The Kier molecular flexibility index (Phi) is 2.19. The lowest BCUT2D eigenvalue weighted by atomic mass is 10.1. The number of aromatic nitrogens is 1. The highest BCUT2D eigenvalue weighted by Gasteiger charge is 2.07. The van der Waals surface area contributed by atoms with Gasteiger partial charge in [-0.3, -0.25) is 4.79 Å². The topological polar surface area (TPSA) is 42.1 Å². The molecule has 0 fully saturated rings. The standard InChI is InChI=1S/C11H10FNO2/c1-6-3-7-4-10(15-2)9(12)5-8(7)11(14)13-6/h3-5H,1-2H3,(H,13,14). The molecule has 0 bridgehead atoms. The van der Waals surface area contributed by atoms with E-state index in [0.717, 1.165) is 5.69 Å².